The highest BCUT2D eigenvalue weighted by Crippen LogP contribution is 2.51. The van der Waals surface area contributed by atoms with E-state index in [4.69, 9.17) is 0 Å². The molecule has 2 aliphatic rings. The molecule has 4 aromatic carbocycles. The molecule has 0 aromatic heterocycles. The van der Waals surface area contributed by atoms with Crippen LogP contribution in [-0.4, -0.2) is 63.9 Å². The molecule has 0 saturated heterocycles. The normalized spacial score (nSPS) is 24.1. The summed E-state index contributed by atoms with van der Waals surface area (Å²) in [6, 6.07) is 31.1. The van der Waals surface area contributed by atoms with Crippen LogP contribution in [0.15, 0.2) is 107 Å². The number of aliphatic hydroxyl groups is 2. The van der Waals surface area contributed by atoms with E-state index >= 15 is 0 Å². The van der Waals surface area contributed by atoms with Crippen LogP contribution in [0, 0.1) is 10.8 Å². The first kappa shape index (κ1) is 53.3. The fourth-order valence-electron chi connectivity index (χ4n) is 10.6. The minimum atomic E-state index is -3.54. The van der Waals surface area contributed by atoms with Gasteiger partial charge in [0.25, 0.3) is 0 Å². The van der Waals surface area contributed by atoms with E-state index in [0.29, 0.717) is 35.5 Å². The lowest BCUT2D eigenvalue weighted by molar-refractivity contribution is 0.0173. The van der Waals surface area contributed by atoms with E-state index in [9.17, 15) is 27.0 Å². The first-order valence-electron chi connectivity index (χ1n) is 25.4. The Balaban J connectivity index is 0.000000247. The molecular formula is C56H82N2O6S2. The van der Waals surface area contributed by atoms with Gasteiger partial charge in [-0.1, -0.05) is 166 Å². The van der Waals surface area contributed by atoms with Crippen molar-refractivity contribution < 1.29 is 27.0 Å². The van der Waals surface area contributed by atoms with Crippen LogP contribution in [-0.2, 0) is 19.7 Å². The molecule has 2 aliphatic heterocycles. The molecule has 4 aromatic rings. The molecule has 10 heteroatoms. The third-order valence-electron chi connectivity index (χ3n) is 14.7. The van der Waals surface area contributed by atoms with Crippen molar-refractivity contribution in [3.05, 3.63) is 119 Å². The summed E-state index contributed by atoms with van der Waals surface area (Å²) in [6.07, 6.45) is 14.3. The van der Waals surface area contributed by atoms with Crippen molar-refractivity contribution >= 4 is 31.0 Å². The van der Waals surface area contributed by atoms with Gasteiger partial charge in [-0.05, 0) is 97.2 Å². The van der Waals surface area contributed by atoms with E-state index in [-0.39, 0.29) is 23.3 Å². The monoisotopic (exact) mass is 943 g/mol. The van der Waals surface area contributed by atoms with Crippen LogP contribution in [0.3, 0.4) is 0 Å². The summed E-state index contributed by atoms with van der Waals surface area (Å²) in [5, 5.41) is 30.8. The summed E-state index contributed by atoms with van der Waals surface area (Å²) in [7, 11) is -7.08. The van der Waals surface area contributed by atoms with Gasteiger partial charge in [-0.3, -0.25) is 0 Å². The molecule has 66 heavy (non-hydrogen) atoms. The second-order valence-electron chi connectivity index (χ2n) is 19.3. The van der Waals surface area contributed by atoms with Crippen molar-refractivity contribution in [2.24, 2.45) is 10.8 Å². The zero-order valence-electron chi connectivity index (χ0n) is 41.0. The lowest BCUT2D eigenvalue weighted by Crippen LogP contribution is -2.42. The van der Waals surface area contributed by atoms with E-state index in [2.05, 4.69) is 38.3 Å². The summed E-state index contributed by atoms with van der Waals surface area (Å²) < 4.78 is 54.7. The highest BCUT2D eigenvalue weighted by molar-refractivity contribution is 7.91. The lowest BCUT2D eigenvalue weighted by atomic mass is 9.69. The number of unbranched alkanes of at least 4 members (excludes halogenated alkanes) is 8. The average molecular weight is 943 g/mol. The van der Waals surface area contributed by atoms with Crippen LogP contribution in [0.1, 0.15) is 178 Å². The van der Waals surface area contributed by atoms with Gasteiger partial charge < -0.3 is 20.8 Å². The van der Waals surface area contributed by atoms with Gasteiger partial charge in [-0.25, -0.2) is 16.8 Å². The zero-order chi connectivity index (χ0) is 47.8. The predicted molar refractivity (Wildman–Crippen MR) is 275 cm³/mol. The van der Waals surface area contributed by atoms with E-state index in [1.165, 1.54) is 38.5 Å². The fourth-order valence-corrected chi connectivity index (χ4v) is 15.1. The van der Waals surface area contributed by atoms with E-state index in [1.54, 1.807) is 12.1 Å². The van der Waals surface area contributed by atoms with Crippen molar-refractivity contribution in [1.82, 2.24) is 0 Å². The molecule has 6 atom stereocenters. The molecule has 2 heterocycles. The summed E-state index contributed by atoms with van der Waals surface area (Å²) in [5.41, 5.74) is 3.90. The maximum Gasteiger partial charge on any atom is 0.179 e. The molecule has 364 valence electrons. The van der Waals surface area contributed by atoms with Crippen LogP contribution in [0.4, 0.5) is 11.4 Å². The summed E-state index contributed by atoms with van der Waals surface area (Å²) in [4.78, 5) is 0.748. The molecule has 6 rings (SSSR count). The number of rotatable bonds is 22. The van der Waals surface area contributed by atoms with E-state index in [0.717, 1.165) is 85.2 Å². The van der Waals surface area contributed by atoms with Gasteiger partial charge >= 0.3 is 0 Å². The van der Waals surface area contributed by atoms with E-state index < -0.39 is 42.7 Å². The Morgan fingerprint density at radius 1 is 0.485 bits per heavy atom. The quantitative estimate of drug-likeness (QED) is 0.0573. The van der Waals surface area contributed by atoms with Crippen LogP contribution in [0.2, 0.25) is 0 Å². The topological polar surface area (TPSA) is 133 Å². The molecule has 0 aliphatic carbocycles. The maximum atomic E-state index is 13.7. The molecular weight excluding hydrogens is 861 g/mol. The van der Waals surface area contributed by atoms with Gasteiger partial charge in [-0.2, -0.15) is 0 Å². The Hall–Kier alpha value is -3.70. The first-order valence-corrected chi connectivity index (χ1v) is 28.7. The second kappa shape index (κ2) is 25.1. The van der Waals surface area contributed by atoms with E-state index in [1.807, 2.05) is 98.8 Å². The highest BCUT2D eigenvalue weighted by atomic mass is 32.2. The molecule has 0 radical (unpaired) electrons. The predicted octanol–water partition coefficient (Wildman–Crippen LogP) is 13.1. The Morgan fingerprint density at radius 2 is 0.848 bits per heavy atom. The number of benzene rings is 4. The highest BCUT2D eigenvalue weighted by Gasteiger charge is 2.50. The largest absolute Gasteiger partial charge is 0.392 e. The number of fused-ring (bicyclic) bond motifs is 2. The van der Waals surface area contributed by atoms with Crippen LogP contribution < -0.4 is 10.6 Å². The van der Waals surface area contributed by atoms with Gasteiger partial charge in [-0.15, -0.1) is 0 Å². The van der Waals surface area contributed by atoms with Crippen molar-refractivity contribution in [1.29, 1.82) is 0 Å². The van der Waals surface area contributed by atoms with Gasteiger partial charge in [0.1, 0.15) is 0 Å². The molecule has 0 spiro atoms. The third kappa shape index (κ3) is 12.9. The summed E-state index contributed by atoms with van der Waals surface area (Å²) in [6.45, 7) is 14.4. The number of anilines is 2. The molecule has 0 bridgehead atoms. The standard InChI is InChI=1S/2C28H41NO3S/c2*1-4-7-9-13-19-29-23-16-17-25-24(20-23)26(22-14-11-10-12-15-22)27(30)28(6-3,18-8-5-2)21-33(25,31)32/h2*10-12,14-17,20,26-27,29-30H,4-9,13,18-19,21H2,1-3H3/t26-,27?,28+;26-,27?,28-/m01/s1. The molecule has 0 fully saturated rings. The SMILES string of the molecule is CCCCCCNc1ccc2c(c1)[C@@H](c1ccccc1)C(O)[C@](CC)(CCCC)CS2(=O)=O.CCCCCCNc1ccc2c(c1)[C@H](c1ccccc1)C(O)[C@](CC)(CCCC)CS2(=O)=O. The van der Waals surface area contributed by atoms with Gasteiger partial charge in [0, 0.05) is 47.1 Å². The van der Waals surface area contributed by atoms with Crippen molar-refractivity contribution in [3.63, 3.8) is 0 Å². The molecule has 0 amide bonds. The lowest BCUT2D eigenvalue weighted by Gasteiger charge is -2.39. The minimum absolute atomic E-state index is 0.00219. The van der Waals surface area contributed by atoms with Gasteiger partial charge in [0.15, 0.2) is 19.7 Å². The minimum Gasteiger partial charge on any atom is -0.392 e. The Bertz CT molecular complexity index is 2140. The van der Waals surface area contributed by atoms with Crippen LogP contribution >= 0.6 is 0 Å². The zero-order valence-corrected chi connectivity index (χ0v) is 42.7. The summed E-state index contributed by atoms with van der Waals surface area (Å²) in [5.74, 6) is -0.760. The average Bonchev–Trinajstić information content (AvgIpc) is 3.44. The Kier molecular flexibility index (Phi) is 20.2. The first-order chi connectivity index (χ1) is 31.8. The number of nitrogens with one attached hydrogen (secondary N) is 2. The molecule has 2 unspecified atom stereocenters. The number of hydrogen-bond acceptors (Lipinski definition) is 8. The van der Waals surface area contributed by atoms with Crippen molar-refractivity contribution in [2.45, 2.75) is 178 Å². The maximum absolute atomic E-state index is 13.7. The Labute approximate surface area is 399 Å². The smallest absolute Gasteiger partial charge is 0.179 e. The van der Waals surface area contributed by atoms with Crippen molar-refractivity contribution in [3.8, 4) is 0 Å². The fraction of sp³-hybridized carbons (Fsp3) is 0.571. The van der Waals surface area contributed by atoms with Crippen molar-refractivity contribution in [2.75, 3.05) is 35.2 Å². The van der Waals surface area contributed by atoms with Gasteiger partial charge in [0.2, 0.25) is 0 Å². The number of hydrogen-bond donors (Lipinski definition) is 4. The summed E-state index contributed by atoms with van der Waals surface area (Å²) >= 11 is 0. The Morgan fingerprint density at radius 3 is 1.18 bits per heavy atom. The molecule has 0 saturated carbocycles. The molecule has 4 N–H and O–H groups in total. The molecule has 8 nitrogen and oxygen atoms in total. The van der Waals surface area contributed by atoms with Gasteiger partial charge in [0.05, 0.1) is 33.5 Å². The third-order valence-corrected chi connectivity index (χ3v) is 18.7. The number of sulfone groups is 2. The van der Waals surface area contributed by atoms with Crippen LogP contribution in [0.25, 0.3) is 0 Å². The second-order valence-corrected chi connectivity index (χ2v) is 23.2. The number of aliphatic hydroxyl groups excluding tert-OH is 2. The van der Waals surface area contributed by atoms with Crippen LogP contribution in [0.5, 0.6) is 0 Å².